The zero-order valence-electron chi connectivity index (χ0n) is 18.3. The van der Waals surface area contributed by atoms with Crippen LogP contribution >= 0.6 is 24.0 Å². The molecular weight excluding hydrogens is 438 g/mol. The first-order valence-electron chi connectivity index (χ1n) is 10.8. The van der Waals surface area contributed by atoms with Crippen molar-refractivity contribution >= 4 is 40.9 Å². The Hall–Kier alpha value is -2.78. The molecule has 2 N–H and O–H groups in total. The summed E-state index contributed by atoms with van der Waals surface area (Å²) in [5.74, 6) is 1.37. The fourth-order valence-corrected chi connectivity index (χ4v) is 4.45. The predicted molar refractivity (Wildman–Crippen MR) is 133 cm³/mol. The predicted octanol–water partition coefficient (Wildman–Crippen LogP) is 4.59. The Morgan fingerprint density at radius 3 is 2.69 bits per heavy atom. The minimum Gasteiger partial charge on any atom is -0.358 e. The third kappa shape index (κ3) is 6.14. The van der Waals surface area contributed by atoms with Crippen molar-refractivity contribution in [1.29, 1.82) is 0 Å². The van der Waals surface area contributed by atoms with Gasteiger partial charge in [-0.2, -0.15) is 4.98 Å². The topological polar surface area (TPSA) is 78.9 Å². The van der Waals surface area contributed by atoms with Crippen LogP contribution in [0, 0.1) is 6.92 Å². The fourth-order valence-electron chi connectivity index (χ4n) is 3.57. The van der Waals surface area contributed by atoms with Gasteiger partial charge in [0.05, 0.1) is 0 Å². The van der Waals surface area contributed by atoms with Crippen LogP contribution in [0.5, 0.6) is 0 Å². The molecule has 0 radical (unpaired) electrons. The molecule has 1 fully saturated rings. The minimum atomic E-state index is 0.434. The number of nitrogens with one attached hydrogen (secondary N) is 2. The Labute approximate surface area is 198 Å². The molecule has 0 saturated carbocycles. The quantitative estimate of drug-likeness (QED) is 0.309. The van der Waals surface area contributed by atoms with Crippen molar-refractivity contribution in [2.75, 3.05) is 16.8 Å². The maximum Gasteiger partial charge on any atom is 0.232 e. The van der Waals surface area contributed by atoms with Crippen molar-refractivity contribution in [1.82, 2.24) is 25.3 Å². The van der Waals surface area contributed by atoms with Crippen LogP contribution in [0.2, 0.25) is 0 Å². The second kappa shape index (κ2) is 10.7. The molecule has 166 valence electrons. The van der Waals surface area contributed by atoms with E-state index in [2.05, 4.69) is 68.6 Å². The summed E-state index contributed by atoms with van der Waals surface area (Å²) >= 11 is 6.93. The lowest BCUT2D eigenvalue weighted by molar-refractivity contribution is 0.480. The van der Waals surface area contributed by atoms with Gasteiger partial charge in [-0.3, -0.25) is 0 Å². The summed E-state index contributed by atoms with van der Waals surface area (Å²) in [6, 6.07) is 12.6. The molecule has 0 bridgehead atoms. The van der Waals surface area contributed by atoms with Gasteiger partial charge in [0.1, 0.15) is 10.8 Å². The highest BCUT2D eigenvalue weighted by Gasteiger charge is 2.21. The van der Waals surface area contributed by atoms with Gasteiger partial charge in [0.15, 0.2) is 10.3 Å². The van der Waals surface area contributed by atoms with E-state index in [9.17, 15) is 0 Å². The molecule has 1 atom stereocenters. The SMILES string of the molecule is Cc1ccc(CNC(=S)Nc2nc(Sc3ncccn3)cc(N3CCCC[C@@H]3C)n2)cc1. The van der Waals surface area contributed by atoms with Crippen LogP contribution in [0.25, 0.3) is 0 Å². The summed E-state index contributed by atoms with van der Waals surface area (Å²) in [5.41, 5.74) is 2.40. The van der Waals surface area contributed by atoms with Crippen molar-refractivity contribution in [2.45, 2.75) is 55.9 Å². The van der Waals surface area contributed by atoms with Gasteiger partial charge in [0.2, 0.25) is 5.95 Å². The van der Waals surface area contributed by atoms with Crippen LogP contribution in [0.1, 0.15) is 37.3 Å². The molecule has 2 aromatic heterocycles. The second-order valence-electron chi connectivity index (χ2n) is 7.85. The van der Waals surface area contributed by atoms with Gasteiger partial charge in [-0.15, -0.1) is 0 Å². The lowest BCUT2D eigenvalue weighted by Gasteiger charge is -2.34. The first-order valence-corrected chi connectivity index (χ1v) is 12.0. The number of nitrogens with zero attached hydrogens (tertiary/aromatic N) is 5. The molecule has 1 aliphatic heterocycles. The van der Waals surface area contributed by atoms with Gasteiger partial charge < -0.3 is 15.5 Å². The van der Waals surface area contributed by atoms with Gasteiger partial charge in [0, 0.05) is 37.6 Å². The number of benzene rings is 1. The number of hydrogen-bond donors (Lipinski definition) is 2. The molecule has 3 aromatic rings. The third-order valence-electron chi connectivity index (χ3n) is 5.32. The highest BCUT2D eigenvalue weighted by molar-refractivity contribution is 7.99. The Balaban J connectivity index is 1.51. The first-order chi connectivity index (χ1) is 15.6. The van der Waals surface area contributed by atoms with Gasteiger partial charge >= 0.3 is 0 Å². The van der Waals surface area contributed by atoms with Gasteiger partial charge in [-0.25, -0.2) is 15.0 Å². The van der Waals surface area contributed by atoms with Crippen LogP contribution in [-0.4, -0.2) is 37.6 Å². The molecule has 1 aliphatic rings. The van der Waals surface area contributed by atoms with Crippen LogP contribution in [-0.2, 0) is 6.54 Å². The molecule has 32 heavy (non-hydrogen) atoms. The largest absolute Gasteiger partial charge is 0.358 e. The molecule has 0 spiro atoms. The van der Waals surface area contributed by atoms with Crippen molar-refractivity contribution in [3.8, 4) is 0 Å². The smallest absolute Gasteiger partial charge is 0.232 e. The minimum absolute atomic E-state index is 0.434. The summed E-state index contributed by atoms with van der Waals surface area (Å²) in [7, 11) is 0. The van der Waals surface area contributed by atoms with E-state index in [0.29, 0.717) is 28.8 Å². The van der Waals surface area contributed by atoms with E-state index in [4.69, 9.17) is 17.2 Å². The van der Waals surface area contributed by atoms with Crippen LogP contribution in [0.3, 0.4) is 0 Å². The van der Waals surface area contributed by atoms with E-state index in [1.165, 1.54) is 23.7 Å². The summed E-state index contributed by atoms with van der Waals surface area (Å²) in [4.78, 5) is 20.4. The summed E-state index contributed by atoms with van der Waals surface area (Å²) in [6.45, 7) is 5.94. The zero-order chi connectivity index (χ0) is 22.3. The number of thiocarbonyl (C=S) groups is 1. The molecule has 3 heterocycles. The van der Waals surface area contributed by atoms with Gasteiger partial charge in [0.25, 0.3) is 0 Å². The normalized spacial score (nSPS) is 15.9. The number of piperidine rings is 1. The lowest BCUT2D eigenvalue weighted by atomic mass is 10.0. The molecule has 7 nitrogen and oxygen atoms in total. The van der Waals surface area contributed by atoms with E-state index in [-0.39, 0.29) is 0 Å². The van der Waals surface area contributed by atoms with E-state index < -0.39 is 0 Å². The highest BCUT2D eigenvalue weighted by Crippen LogP contribution is 2.29. The molecule has 4 rings (SSSR count). The molecule has 1 saturated heterocycles. The van der Waals surface area contributed by atoms with Crippen LogP contribution in [0.4, 0.5) is 11.8 Å². The number of aromatic nitrogens is 4. The third-order valence-corrected chi connectivity index (χ3v) is 6.38. The summed E-state index contributed by atoms with van der Waals surface area (Å²) in [5, 5.41) is 8.32. The van der Waals surface area contributed by atoms with Crippen molar-refractivity contribution < 1.29 is 0 Å². The highest BCUT2D eigenvalue weighted by atomic mass is 32.2. The first kappa shape index (κ1) is 22.4. The van der Waals surface area contributed by atoms with E-state index in [1.54, 1.807) is 18.5 Å². The van der Waals surface area contributed by atoms with E-state index in [1.807, 2.05) is 6.07 Å². The number of hydrogen-bond acceptors (Lipinski definition) is 7. The zero-order valence-corrected chi connectivity index (χ0v) is 19.9. The fraction of sp³-hybridized carbons (Fsp3) is 0.348. The monoisotopic (exact) mass is 465 g/mol. The molecular formula is C23H27N7S2. The summed E-state index contributed by atoms with van der Waals surface area (Å²) in [6.07, 6.45) is 7.03. The number of rotatable bonds is 6. The molecule has 1 aromatic carbocycles. The maximum atomic E-state index is 5.51. The van der Waals surface area contributed by atoms with Crippen molar-refractivity contribution in [3.63, 3.8) is 0 Å². The average molecular weight is 466 g/mol. The van der Waals surface area contributed by atoms with E-state index in [0.717, 1.165) is 35.8 Å². The maximum absolute atomic E-state index is 5.51. The molecule has 9 heteroatoms. The van der Waals surface area contributed by atoms with E-state index >= 15 is 0 Å². The molecule has 0 unspecified atom stereocenters. The standard InChI is InChI=1S/C23H27N7S2/c1-16-7-9-18(10-8-16)15-26-22(31)29-21-27-19(30-13-4-3-6-17(30)2)14-20(28-21)32-23-24-11-5-12-25-23/h5,7-12,14,17H,3-4,6,13,15H2,1-2H3,(H2,26,27,28,29,31)/t17-/m0/s1. The Bertz CT molecular complexity index is 1040. The number of aryl methyl sites for hydroxylation is 1. The van der Waals surface area contributed by atoms with Crippen LogP contribution in [0.15, 0.2) is 59.0 Å². The van der Waals surface area contributed by atoms with Gasteiger partial charge in [-0.1, -0.05) is 29.8 Å². The van der Waals surface area contributed by atoms with Crippen LogP contribution < -0.4 is 15.5 Å². The molecule has 0 aliphatic carbocycles. The lowest BCUT2D eigenvalue weighted by Crippen LogP contribution is -2.38. The molecule has 0 amide bonds. The Morgan fingerprint density at radius 1 is 1.16 bits per heavy atom. The van der Waals surface area contributed by atoms with Crippen molar-refractivity contribution in [3.05, 3.63) is 59.9 Å². The second-order valence-corrected chi connectivity index (χ2v) is 9.25. The van der Waals surface area contributed by atoms with Crippen molar-refractivity contribution in [2.24, 2.45) is 0 Å². The average Bonchev–Trinajstić information content (AvgIpc) is 2.79. The summed E-state index contributed by atoms with van der Waals surface area (Å²) < 4.78 is 0. The Kier molecular flexibility index (Phi) is 7.49. The van der Waals surface area contributed by atoms with Gasteiger partial charge in [-0.05, 0) is 68.7 Å². The number of anilines is 2. The Morgan fingerprint density at radius 2 is 1.94 bits per heavy atom.